The number of aliphatic hydroxyl groups excluding tert-OH is 1. The minimum Gasteiger partial charge on any atom is -0.436 e. The fourth-order valence-electron chi connectivity index (χ4n) is 4.18. The van der Waals surface area contributed by atoms with E-state index in [0.717, 1.165) is 35.3 Å². The molecule has 1 N–H and O–H groups in total. The van der Waals surface area contributed by atoms with Crippen LogP contribution in [0.4, 0.5) is 0 Å². The van der Waals surface area contributed by atoms with E-state index in [4.69, 9.17) is 9.72 Å². The smallest absolute Gasteiger partial charge is 0.238 e. The average molecular weight is 479 g/mol. The van der Waals surface area contributed by atoms with Crippen molar-refractivity contribution in [3.05, 3.63) is 77.5 Å². The van der Waals surface area contributed by atoms with Gasteiger partial charge in [0.2, 0.25) is 5.88 Å². The summed E-state index contributed by atoms with van der Waals surface area (Å²) in [7, 11) is 0. The van der Waals surface area contributed by atoms with E-state index in [1.165, 1.54) is 0 Å². The van der Waals surface area contributed by atoms with Gasteiger partial charge in [0.25, 0.3) is 0 Å². The summed E-state index contributed by atoms with van der Waals surface area (Å²) in [5.74, 6) is 1.83. The van der Waals surface area contributed by atoms with E-state index in [-0.39, 0.29) is 0 Å². The zero-order valence-corrected chi connectivity index (χ0v) is 19.7. The Morgan fingerprint density at radius 2 is 2.00 bits per heavy atom. The average Bonchev–Trinajstić information content (AvgIpc) is 3.50. The van der Waals surface area contributed by atoms with Crippen LogP contribution in [-0.2, 0) is 0 Å². The Morgan fingerprint density at radius 1 is 1.14 bits per heavy atom. The number of aliphatic hydroxyl groups is 1. The lowest BCUT2D eigenvalue weighted by atomic mass is 10.1. The number of ether oxygens (including phenoxy) is 1. The first-order valence-electron chi connectivity index (χ1n) is 11.7. The molecule has 6 rings (SSSR count). The highest BCUT2D eigenvalue weighted by atomic mass is 16.5. The van der Waals surface area contributed by atoms with Crippen LogP contribution in [0.1, 0.15) is 54.4 Å². The standard InChI is InChI=1S/C26H22N8O2/c1-15-3-10-25(31-30-15)36-19-6-9-23-21(13-28-33(23)14-19)22-8-7-20(16(2)35)26(29-22)34-24(17-4-5-17)11-18(12-27)32-34/h3,6-11,13-14,16-17,35H,4-5H2,1-2H3. The summed E-state index contributed by atoms with van der Waals surface area (Å²) in [5.41, 5.74) is 5.06. The maximum atomic E-state index is 10.4. The molecule has 1 atom stereocenters. The molecule has 0 aromatic carbocycles. The normalized spacial score (nSPS) is 14.1. The van der Waals surface area contributed by atoms with Gasteiger partial charge in [-0.05, 0) is 57.0 Å². The van der Waals surface area contributed by atoms with Gasteiger partial charge in [-0.2, -0.15) is 20.6 Å². The lowest BCUT2D eigenvalue weighted by molar-refractivity contribution is 0.198. The summed E-state index contributed by atoms with van der Waals surface area (Å²) in [5, 5.41) is 36.9. The molecule has 178 valence electrons. The van der Waals surface area contributed by atoms with Crippen LogP contribution in [-0.4, -0.2) is 39.7 Å². The minimum atomic E-state index is -0.753. The molecule has 0 bridgehead atoms. The molecule has 1 aliphatic rings. The molecule has 10 nitrogen and oxygen atoms in total. The van der Waals surface area contributed by atoms with E-state index in [1.54, 1.807) is 34.6 Å². The number of pyridine rings is 2. The van der Waals surface area contributed by atoms with Gasteiger partial charge < -0.3 is 9.84 Å². The van der Waals surface area contributed by atoms with E-state index >= 15 is 0 Å². The van der Waals surface area contributed by atoms with Crippen LogP contribution in [0, 0.1) is 18.3 Å². The second-order valence-corrected chi connectivity index (χ2v) is 8.91. The van der Waals surface area contributed by atoms with E-state index in [0.29, 0.717) is 40.3 Å². The molecule has 5 aromatic heterocycles. The summed E-state index contributed by atoms with van der Waals surface area (Å²) < 4.78 is 9.24. The Hall–Kier alpha value is -4.62. The van der Waals surface area contributed by atoms with Crippen LogP contribution in [0.5, 0.6) is 11.6 Å². The van der Waals surface area contributed by atoms with Gasteiger partial charge in [-0.15, -0.1) is 5.10 Å². The molecule has 36 heavy (non-hydrogen) atoms. The number of aromatic nitrogens is 7. The third-order valence-electron chi connectivity index (χ3n) is 6.16. The molecule has 1 unspecified atom stereocenters. The fourth-order valence-corrected chi connectivity index (χ4v) is 4.18. The van der Waals surface area contributed by atoms with Gasteiger partial charge >= 0.3 is 0 Å². The molecule has 5 heterocycles. The van der Waals surface area contributed by atoms with Gasteiger partial charge in [-0.3, -0.25) is 0 Å². The molecular weight excluding hydrogens is 456 g/mol. The molecule has 0 radical (unpaired) electrons. The monoisotopic (exact) mass is 478 g/mol. The summed E-state index contributed by atoms with van der Waals surface area (Å²) >= 11 is 0. The van der Waals surface area contributed by atoms with Gasteiger partial charge in [0, 0.05) is 23.1 Å². The number of hydrogen-bond acceptors (Lipinski definition) is 8. The van der Waals surface area contributed by atoms with Crippen molar-refractivity contribution in [3.63, 3.8) is 0 Å². The van der Waals surface area contributed by atoms with Crippen molar-refractivity contribution in [2.24, 2.45) is 0 Å². The Bertz CT molecular complexity index is 1620. The fraction of sp³-hybridized carbons (Fsp3) is 0.231. The Balaban J connectivity index is 1.40. The molecule has 1 saturated carbocycles. The van der Waals surface area contributed by atoms with Gasteiger partial charge in [-0.1, -0.05) is 6.07 Å². The van der Waals surface area contributed by atoms with Crippen LogP contribution in [0.15, 0.2) is 54.9 Å². The number of nitrogens with zero attached hydrogens (tertiary/aromatic N) is 8. The number of nitriles is 1. The topological polar surface area (TPSA) is 127 Å². The van der Waals surface area contributed by atoms with E-state index in [2.05, 4.69) is 26.5 Å². The Labute approximate surface area is 206 Å². The van der Waals surface area contributed by atoms with Crippen LogP contribution in [0.2, 0.25) is 0 Å². The summed E-state index contributed by atoms with van der Waals surface area (Å²) in [6.45, 7) is 3.56. The van der Waals surface area contributed by atoms with Crippen LogP contribution in [0.3, 0.4) is 0 Å². The number of hydrogen-bond donors (Lipinski definition) is 1. The van der Waals surface area contributed by atoms with Crippen molar-refractivity contribution in [2.75, 3.05) is 0 Å². The summed E-state index contributed by atoms with van der Waals surface area (Å²) in [6.07, 6.45) is 4.85. The highest BCUT2D eigenvalue weighted by Crippen LogP contribution is 2.41. The summed E-state index contributed by atoms with van der Waals surface area (Å²) in [4.78, 5) is 4.90. The molecular formula is C26H22N8O2. The maximum absolute atomic E-state index is 10.4. The van der Waals surface area contributed by atoms with Crippen molar-refractivity contribution in [1.82, 2.24) is 34.6 Å². The van der Waals surface area contributed by atoms with Crippen LogP contribution >= 0.6 is 0 Å². The van der Waals surface area contributed by atoms with Crippen LogP contribution < -0.4 is 4.74 Å². The minimum absolute atomic E-state index is 0.336. The third-order valence-corrected chi connectivity index (χ3v) is 6.16. The van der Waals surface area contributed by atoms with Crippen molar-refractivity contribution in [1.29, 1.82) is 5.26 Å². The molecule has 10 heteroatoms. The Kier molecular flexibility index (Phi) is 5.20. The zero-order chi connectivity index (χ0) is 24.8. The number of aryl methyl sites for hydroxylation is 1. The van der Waals surface area contributed by atoms with E-state index in [1.807, 2.05) is 43.3 Å². The van der Waals surface area contributed by atoms with Crippen LogP contribution in [0.25, 0.3) is 22.6 Å². The molecule has 1 fully saturated rings. The largest absolute Gasteiger partial charge is 0.436 e. The molecule has 1 aliphatic carbocycles. The van der Waals surface area contributed by atoms with E-state index in [9.17, 15) is 10.4 Å². The zero-order valence-electron chi connectivity index (χ0n) is 19.7. The number of fused-ring (bicyclic) bond motifs is 1. The molecule has 0 aliphatic heterocycles. The van der Waals surface area contributed by atoms with Crippen molar-refractivity contribution >= 4 is 5.52 Å². The lowest BCUT2D eigenvalue weighted by Crippen LogP contribution is -2.10. The van der Waals surface area contributed by atoms with Crippen molar-refractivity contribution in [3.8, 4) is 34.8 Å². The highest BCUT2D eigenvalue weighted by Gasteiger charge is 2.30. The maximum Gasteiger partial charge on any atom is 0.238 e. The third kappa shape index (κ3) is 3.95. The van der Waals surface area contributed by atoms with Crippen molar-refractivity contribution in [2.45, 2.75) is 38.7 Å². The molecule has 0 saturated heterocycles. The van der Waals surface area contributed by atoms with Gasteiger partial charge in [0.1, 0.15) is 11.8 Å². The van der Waals surface area contributed by atoms with Gasteiger partial charge in [-0.25, -0.2) is 14.2 Å². The summed E-state index contributed by atoms with van der Waals surface area (Å²) in [6, 6.07) is 15.0. The second-order valence-electron chi connectivity index (χ2n) is 8.91. The second kappa shape index (κ2) is 8.55. The first-order chi connectivity index (χ1) is 17.5. The Morgan fingerprint density at radius 3 is 2.72 bits per heavy atom. The molecule has 5 aromatic rings. The lowest BCUT2D eigenvalue weighted by Gasteiger charge is -2.15. The predicted octanol–water partition coefficient (Wildman–Crippen LogP) is 4.28. The van der Waals surface area contributed by atoms with Gasteiger partial charge in [0.15, 0.2) is 11.5 Å². The predicted molar refractivity (Wildman–Crippen MR) is 130 cm³/mol. The van der Waals surface area contributed by atoms with Gasteiger partial charge in [0.05, 0.1) is 41.1 Å². The number of rotatable bonds is 6. The van der Waals surface area contributed by atoms with Crippen molar-refractivity contribution < 1.29 is 9.84 Å². The highest BCUT2D eigenvalue weighted by molar-refractivity contribution is 5.78. The quantitative estimate of drug-likeness (QED) is 0.383. The first kappa shape index (κ1) is 21.9. The van der Waals surface area contributed by atoms with E-state index < -0.39 is 6.10 Å². The SMILES string of the molecule is Cc1ccc(Oc2ccc3c(-c4ccc(C(C)O)c(-n5nc(C#N)cc5C5CC5)n4)cnn3c2)nn1. The first-order valence-corrected chi connectivity index (χ1v) is 11.7. The molecule has 0 spiro atoms. The molecule has 0 amide bonds.